The van der Waals surface area contributed by atoms with Crippen molar-refractivity contribution in [2.24, 2.45) is 0 Å². The van der Waals surface area contributed by atoms with E-state index in [1.807, 2.05) is 6.92 Å². The number of hydrogen-bond donors (Lipinski definition) is 0. The molecule has 0 aromatic rings. The molecule has 13 heavy (non-hydrogen) atoms. The van der Waals surface area contributed by atoms with Crippen LogP contribution in [0.2, 0.25) is 0 Å². The standard InChI is InChI=1S/C9H18O3Si/c1-6-13(10-5)11-8(2)7-9(3,4)12-13/h6,8H,1,7H2,2-5H3. The van der Waals surface area contributed by atoms with Gasteiger partial charge in [-0.15, -0.1) is 0 Å². The molecular formula is C9H18O3Si. The van der Waals surface area contributed by atoms with Crippen molar-refractivity contribution in [1.82, 2.24) is 0 Å². The van der Waals surface area contributed by atoms with Crippen LogP contribution >= 0.6 is 0 Å². The largest absolute Gasteiger partial charge is 0.529 e. The zero-order valence-corrected chi connectivity index (χ0v) is 9.79. The highest BCUT2D eigenvalue weighted by molar-refractivity contribution is 6.66. The first-order valence-corrected chi connectivity index (χ1v) is 6.30. The predicted octanol–water partition coefficient (Wildman–Crippen LogP) is 1.90. The Kier molecular flexibility index (Phi) is 2.97. The van der Waals surface area contributed by atoms with E-state index in [4.69, 9.17) is 13.3 Å². The number of rotatable bonds is 2. The predicted molar refractivity (Wildman–Crippen MR) is 53.3 cm³/mol. The smallest absolute Gasteiger partial charge is 0.374 e. The summed E-state index contributed by atoms with van der Waals surface area (Å²) < 4.78 is 16.8. The van der Waals surface area contributed by atoms with E-state index in [0.717, 1.165) is 6.42 Å². The van der Waals surface area contributed by atoms with Crippen molar-refractivity contribution in [2.45, 2.75) is 38.9 Å². The summed E-state index contributed by atoms with van der Waals surface area (Å²) in [7, 11) is -0.952. The Labute approximate surface area is 81.1 Å². The van der Waals surface area contributed by atoms with Gasteiger partial charge in [0.25, 0.3) is 0 Å². The lowest BCUT2D eigenvalue weighted by Gasteiger charge is -2.42. The molecule has 1 aliphatic heterocycles. The van der Waals surface area contributed by atoms with Crippen molar-refractivity contribution in [3.63, 3.8) is 0 Å². The van der Waals surface area contributed by atoms with Crippen LogP contribution in [0.1, 0.15) is 27.2 Å². The van der Waals surface area contributed by atoms with Gasteiger partial charge >= 0.3 is 8.80 Å². The molecule has 0 spiro atoms. The molecular weight excluding hydrogens is 184 g/mol. The fourth-order valence-electron chi connectivity index (χ4n) is 1.73. The summed E-state index contributed by atoms with van der Waals surface area (Å²) in [5, 5.41) is 0. The highest BCUT2D eigenvalue weighted by atomic mass is 28.4. The molecule has 0 aromatic carbocycles. The minimum absolute atomic E-state index is 0.173. The lowest BCUT2D eigenvalue weighted by molar-refractivity contribution is -0.0774. The van der Waals surface area contributed by atoms with E-state index in [1.165, 1.54) is 0 Å². The first kappa shape index (κ1) is 10.9. The van der Waals surface area contributed by atoms with Crippen LogP contribution in [-0.2, 0) is 13.3 Å². The molecule has 0 aromatic heterocycles. The van der Waals surface area contributed by atoms with Gasteiger partial charge in [-0.1, -0.05) is 6.58 Å². The van der Waals surface area contributed by atoms with E-state index >= 15 is 0 Å². The Morgan fingerprint density at radius 1 is 1.62 bits per heavy atom. The van der Waals surface area contributed by atoms with Crippen molar-refractivity contribution in [2.75, 3.05) is 7.11 Å². The summed E-state index contributed by atoms with van der Waals surface area (Å²) in [4.78, 5) is 0. The molecule has 0 saturated carbocycles. The molecule has 0 bridgehead atoms. The molecule has 2 atom stereocenters. The van der Waals surface area contributed by atoms with Crippen LogP contribution in [0.3, 0.4) is 0 Å². The zero-order chi connectivity index (χ0) is 10.1. The van der Waals surface area contributed by atoms with Gasteiger partial charge in [0.05, 0.1) is 5.60 Å². The SMILES string of the molecule is C=C[Si]1(OC)OC(C)CC(C)(C)O1. The molecule has 1 saturated heterocycles. The molecule has 1 heterocycles. The second kappa shape index (κ2) is 3.53. The van der Waals surface area contributed by atoms with Gasteiger partial charge in [-0.25, -0.2) is 0 Å². The van der Waals surface area contributed by atoms with Crippen LogP contribution in [0.4, 0.5) is 0 Å². The van der Waals surface area contributed by atoms with Crippen molar-refractivity contribution in [3.8, 4) is 0 Å². The molecule has 1 rings (SSSR count). The Morgan fingerprint density at radius 3 is 2.62 bits per heavy atom. The first-order chi connectivity index (χ1) is 5.93. The summed E-state index contributed by atoms with van der Waals surface area (Å²) in [6, 6.07) is 0. The van der Waals surface area contributed by atoms with Gasteiger partial charge in [0.2, 0.25) is 0 Å². The molecule has 2 unspecified atom stereocenters. The maximum Gasteiger partial charge on any atom is 0.529 e. The summed E-state index contributed by atoms with van der Waals surface area (Å²) in [6.07, 6.45) is 1.06. The minimum Gasteiger partial charge on any atom is -0.374 e. The van der Waals surface area contributed by atoms with Crippen LogP contribution in [0.25, 0.3) is 0 Å². The van der Waals surface area contributed by atoms with Gasteiger partial charge in [0.1, 0.15) is 0 Å². The highest BCUT2D eigenvalue weighted by Gasteiger charge is 2.48. The molecule has 0 radical (unpaired) electrons. The summed E-state index contributed by atoms with van der Waals surface area (Å²) >= 11 is 0. The summed E-state index contributed by atoms with van der Waals surface area (Å²) in [5.41, 5.74) is 1.51. The fraction of sp³-hybridized carbons (Fsp3) is 0.778. The van der Waals surface area contributed by atoms with Crippen molar-refractivity contribution in [3.05, 3.63) is 12.3 Å². The molecule has 4 heteroatoms. The molecule has 0 aliphatic carbocycles. The van der Waals surface area contributed by atoms with Crippen molar-refractivity contribution in [1.29, 1.82) is 0 Å². The highest BCUT2D eigenvalue weighted by Crippen LogP contribution is 2.31. The van der Waals surface area contributed by atoms with Gasteiger partial charge in [-0.2, -0.15) is 0 Å². The van der Waals surface area contributed by atoms with Gasteiger partial charge in [-0.05, 0) is 32.9 Å². The van der Waals surface area contributed by atoms with Gasteiger partial charge in [0, 0.05) is 13.2 Å². The zero-order valence-electron chi connectivity index (χ0n) is 8.79. The van der Waals surface area contributed by atoms with Crippen LogP contribution in [0.15, 0.2) is 12.3 Å². The third-order valence-electron chi connectivity index (χ3n) is 2.10. The van der Waals surface area contributed by atoms with E-state index in [0.29, 0.717) is 0 Å². The molecule has 3 nitrogen and oxygen atoms in total. The molecule has 76 valence electrons. The third-order valence-corrected chi connectivity index (χ3v) is 4.73. The van der Waals surface area contributed by atoms with Crippen LogP contribution < -0.4 is 0 Å². The fourth-order valence-corrected chi connectivity index (χ4v) is 3.80. The normalized spacial score (nSPS) is 38.6. The van der Waals surface area contributed by atoms with E-state index in [-0.39, 0.29) is 11.7 Å². The summed E-state index contributed by atoms with van der Waals surface area (Å²) in [5.74, 6) is 0. The topological polar surface area (TPSA) is 27.7 Å². The summed E-state index contributed by atoms with van der Waals surface area (Å²) in [6.45, 7) is 9.85. The van der Waals surface area contributed by atoms with Crippen LogP contribution in [-0.4, -0.2) is 27.6 Å². The molecule has 1 aliphatic rings. The van der Waals surface area contributed by atoms with E-state index in [1.54, 1.807) is 12.8 Å². The lowest BCUT2D eigenvalue weighted by atomic mass is 10.0. The van der Waals surface area contributed by atoms with E-state index in [2.05, 4.69) is 20.4 Å². The maximum absolute atomic E-state index is 5.81. The Hall–Kier alpha value is -0.163. The van der Waals surface area contributed by atoms with E-state index in [9.17, 15) is 0 Å². The first-order valence-electron chi connectivity index (χ1n) is 4.50. The van der Waals surface area contributed by atoms with E-state index < -0.39 is 8.80 Å². The number of hydrogen-bond acceptors (Lipinski definition) is 3. The van der Waals surface area contributed by atoms with Gasteiger partial charge in [-0.3, -0.25) is 0 Å². The maximum atomic E-state index is 5.81. The van der Waals surface area contributed by atoms with Crippen molar-refractivity contribution < 1.29 is 13.3 Å². The average molecular weight is 202 g/mol. The Balaban J connectivity index is 2.82. The lowest BCUT2D eigenvalue weighted by Crippen LogP contribution is -2.56. The average Bonchev–Trinajstić information content (AvgIpc) is 2.00. The monoisotopic (exact) mass is 202 g/mol. The molecule has 0 amide bonds. The minimum atomic E-state index is -2.57. The second-order valence-electron chi connectivity index (χ2n) is 4.01. The van der Waals surface area contributed by atoms with Crippen LogP contribution in [0.5, 0.6) is 0 Å². The second-order valence-corrected chi connectivity index (χ2v) is 6.47. The Bertz CT molecular complexity index is 205. The van der Waals surface area contributed by atoms with Crippen molar-refractivity contribution >= 4 is 8.80 Å². The molecule has 1 fully saturated rings. The van der Waals surface area contributed by atoms with Gasteiger partial charge in [0.15, 0.2) is 0 Å². The van der Waals surface area contributed by atoms with Gasteiger partial charge < -0.3 is 13.3 Å². The Morgan fingerprint density at radius 2 is 2.23 bits per heavy atom. The quantitative estimate of drug-likeness (QED) is 0.640. The van der Waals surface area contributed by atoms with Crippen LogP contribution in [0, 0.1) is 0 Å². The third kappa shape index (κ3) is 2.40. The molecule has 0 N–H and O–H groups in total.